The number of aromatic amines is 2. The van der Waals surface area contributed by atoms with Gasteiger partial charge in [0.1, 0.15) is 17.7 Å². The first-order chi connectivity index (χ1) is 13.6. The molecule has 7 nitrogen and oxygen atoms in total. The van der Waals surface area contributed by atoms with Crippen LogP contribution < -0.4 is 0 Å². The number of nitrogens with zero attached hydrogens (tertiary/aromatic N) is 3. The van der Waals surface area contributed by atoms with E-state index in [2.05, 4.69) is 25.1 Å². The van der Waals surface area contributed by atoms with Gasteiger partial charge in [-0.3, -0.25) is 10.1 Å². The minimum absolute atomic E-state index is 0.176. The molecule has 0 aliphatic heterocycles. The van der Waals surface area contributed by atoms with Crippen LogP contribution in [-0.2, 0) is 0 Å². The first-order valence-electron chi connectivity index (χ1n) is 8.68. The number of H-pyrrole nitrogens is 2. The van der Waals surface area contributed by atoms with Crippen LogP contribution >= 0.6 is 0 Å². The fourth-order valence-corrected chi connectivity index (χ4v) is 3.01. The van der Waals surface area contributed by atoms with Gasteiger partial charge in [0.05, 0.1) is 36.1 Å². The molecule has 1 aromatic carbocycles. The highest BCUT2D eigenvalue weighted by Crippen LogP contribution is 2.33. The molecule has 0 amide bonds. The van der Waals surface area contributed by atoms with Gasteiger partial charge in [0.2, 0.25) is 0 Å². The van der Waals surface area contributed by atoms with Crippen molar-refractivity contribution in [2.75, 3.05) is 6.61 Å². The number of nitrogens with one attached hydrogen (secondary N) is 2. The molecule has 4 rings (SSSR count). The zero-order chi connectivity index (χ0) is 19.7. The molecule has 0 saturated carbocycles. The Hall–Kier alpha value is -3.36. The van der Waals surface area contributed by atoms with E-state index in [1.807, 2.05) is 25.1 Å². The third-order valence-corrected chi connectivity index (χ3v) is 4.44. The van der Waals surface area contributed by atoms with Crippen molar-refractivity contribution in [3.63, 3.8) is 0 Å². The molecular weight excluding hydrogens is 361 g/mol. The molecule has 28 heavy (non-hydrogen) atoms. The minimum atomic E-state index is -1.15. The van der Waals surface area contributed by atoms with Crippen molar-refractivity contribution in [1.82, 2.24) is 25.1 Å². The number of pyridine rings is 1. The Bertz CT molecular complexity index is 1120. The second-order valence-electron chi connectivity index (χ2n) is 6.40. The lowest BCUT2D eigenvalue weighted by molar-refractivity contribution is 0.0893. The summed E-state index contributed by atoms with van der Waals surface area (Å²) in [6.07, 6.45) is 1.95. The van der Waals surface area contributed by atoms with Crippen molar-refractivity contribution in [3.8, 4) is 33.8 Å². The number of aliphatic hydroxyl groups is 2. The predicted molar refractivity (Wildman–Crippen MR) is 102 cm³/mol. The van der Waals surface area contributed by atoms with Gasteiger partial charge in [-0.1, -0.05) is 12.1 Å². The monoisotopic (exact) mass is 379 g/mol. The molecule has 0 spiro atoms. The van der Waals surface area contributed by atoms with E-state index < -0.39 is 18.5 Å². The molecule has 0 radical (unpaired) electrons. The van der Waals surface area contributed by atoms with Crippen LogP contribution in [0.15, 0.2) is 48.8 Å². The summed E-state index contributed by atoms with van der Waals surface area (Å²) < 4.78 is 14.5. The Labute approximate surface area is 159 Å². The fourth-order valence-electron chi connectivity index (χ4n) is 3.01. The number of benzene rings is 1. The molecule has 3 aromatic heterocycles. The van der Waals surface area contributed by atoms with Crippen LogP contribution in [0.25, 0.3) is 33.8 Å². The van der Waals surface area contributed by atoms with E-state index in [-0.39, 0.29) is 5.82 Å². The van der Waals surface area contributed by atoms with Crippen LogP contribution in [0.5, 0.6) is 0 Å². The number of aromatic nitrogens is 5. The summed E-state index contributed by atoms with van der Waals surface area (Å²) in [7, 11) is 0. The van der Waals surface area contributed by atoms with E-state index in [9.17, 15) is 9.50 Å². The van der Waals surface area contributed by atoms with Crippen molar-refractivity contribution in [2.24, 2.45) is 0 Å². The molecule has 0 bridgehead atoms. The SMILES string of the molecule is Cc1cccc(-c2[nH]ncc2-c2ccc(F)c(-c3cnc(C(O)CO)[nH]3)c2)n1. The molecule has 8 heteroatoms. The van der Waals surface area contributed by atoms with E-state index in [0.29, 0.717) is 11.3 Å². The molecule has 0 fully saturated rings. The van der Waals surface area contributed by atoms with Gasteiger partial charge < -0.3 is 15.2 Å². The Balaban J connectivity index is 1.77. The molecule has 0 saturated heterocycles. The van der Waals surface area contributed by atoms with Gasteiger partial charge in [-0.25, -0.2) is 9.37 Å². The number of hydrogen-bond donors (Lipinski definition) is 4. The van der Waals surface area contributed by atoms with E-state index in [1.54, 1.807) is 18.3 Å². The number of imidazole rings is 1. The molecule has 0 aliphatic carbocycles. The van der Waals surface area contributed by atoms with E-state index in [0.717, 1.165) is 28.2 Å². The highest BCUT2D eigenvalue weighted by atomic mass is 19.1. The number of aryl methyl sites for hydroxylation is 1. The van der Waals surface area contributed by atoms with Crippen LogP contribution in [0.2, 0.25) is 0 Å². The standard InChI is InChI=1S/C20H18FN5O2/c1-11-3-2-4-16(24-11)19-14(8-23-26-19)12-5-6-15(21)13(7-12)17-9-22-20(25-17)18(28)10-27/h2-9,18,27-28H,10H2,1H3,(H,22,25)(H,23,26). The van der Waals surface area contributed by atoms with Crippen LogP contribution in [0.1, 0.15) is 17.6 Å². The summed E-state index contributed by atoms with van der Waals surface area (Å²) in [4.78, 5) is 11.4. The third-order valence-electron chi connectivity index (χ3n) is 4.44. The number of rotatable bonds is 5. The predicted octanol–water partition coefficient (Wildman–Crippen LogP) is 3.00. The second kappa shape index (κ2) is 7.34. The van der Waals surface area contributed by atoms with Crippen LogP contribution in [0.3, 0.4) is 0 Å². The Kier molecular flexibility index (Phi) is 4.72. The lowest BCUT2D eigenvalue weighted by Gasteiger charge is -2.07. The van der Waals surface area contributed by atoms with Crippen LogP contribution in [-0.4, -0.2) is 42.0 Å². The zero-order valence-corrected chi connectivity index (χ0v) is 15.0. The van der Waals surface area contributed by atoms with Crippen LogP contribution in [0, 0.1) is 12.7 Å². The Morgan fingerprint density at radius 2 is 2.00 bits per heavy atom. The molecule has 4 N–H and O–H groups in total. The van der Waals surface area contributed by atoms with Gasteiger partial charge in [0.25, 0.3) is 0 Å². The first kappa shape index (κ1) is 18.0. The van der Waals surface area contributed by atoms with Crippen molar-refractivity contribution < 1.29 is 14.6 Å². The van der Waals surface area contributed by atoms with E-state index in [4.69, 9.17) is 5.11 Å². The van der Waals surface area contributed by atoms with Crippen molar-refractivity contribution in [1.29, 1.82) is 0 Å². The van der Waals surface area contributed by atoms with Gasteiger partial charge in [-0.2, -0.15) is 5.10 Å². The fraction of sp³-hybridized carbons (Fsp3) is 0.150. The normalized spacial score (nSPS) is 12.3. The lowest BCUT2D eigenvalue weighted by Crippen LogP contribution is -2.04. The third kappa shape index (κ3) is 3.30. The largest absolute Gasteiger partial charge is 0.393 e. The minimum Gasteiger partial charge on any atom is -0.393 e. The van der Waals surface area contributed by atoms with Crippen LogP contribution in [0.4, 0.5) is 4.39 Å². The highest BCUT2D eigenvalue weighted by Gasteiger charge is 2.17. The molecule has 142 valence electrons. The van der Waals surface area contributed by atoms with Crippen molar-refractivity contribution in [2.45, 2.75) is 13.0 Å². The molecule has 1 atom stereocenters. The summed E-state index contributed by atoms with van der Waals surface area (Å²) >= 11 is 0. The molecule has 1 unspecified atom stereocenters. The maximum absolute atomic E-state index is 14.5. The lowest BCUT2D eigenvalue weighted by atomic mass is 10.0. The average molecular weight is 379 g/mol. The number of halogens is 1. The van der Waals surface area contributed by atoms with Crippen molar-refractivity contribution >= 4 is 0 Å². The average Bonchev–Trinajstić information content (AvgIpc) is 3.38. The topological polar surface area (TPSA) is 111 Å². The van der Waals surface area contributed by atoms with Gasteiger partial charge in [-0.15, -0.1) is 0 Å². The maximum atomic E-state index is 14.5. The quantitative estimate of drug-likeness (QED) is 0.426. The smallest absolute Gasteiger partial charge is 0.137 e. The van der Waals surface area contributed by atoms with Gasteiger partial charge in [0, 0.05) is 16.8 Å². The summed E-state index contributed by atoms with van der Waals surface area (Å²) in [6.45, 7) is 1.43. The van der Waals surface area contributed by atoms with Gasteiger partial charge >= 0.3 is 0 Å². The summed E-state index contributed by atoms with van der Waals surface area (Å²) in [5.41, 5.74) is 4.60. The highest BCUT2D eigenvalue weighted by molar-refractivity contribution is 5.81. The summed E-state index contributed by atoms with van der Waals surface area (Å²) in [5.74, 6) is -0.258. The number of aliphatic hydroxyl groups excluding tert-OH is 2. The summed E-state index contributed by atoms with van der Waals surface area (Å²) in [6, 6.07) is 10.4. The number of hydrogen-bond acceptors (Lipinski definition) is 5. The first-order valence-corrected chi connectivity index (χ1v) is 8.68. The maximum Gasteiger partial charge on any atom is 0.137 e. The van der Waals surface area contributed by atoms with Crippen molar-refractivity contribution in [3.05, 3.63) is 66.1 Å². The van der Waals surface area contributed by atoms with E-state index in [1.165, 1.54) is 12.3 Å². The zero-order valence-electron chi connectivity index (χ0n) is 15.0. The summed E-state index contributed by atoms with van der Waals surface area (Å²) in [5, 5.41) is 25.8. The Morgan fingerprint density at radius 3 is 2.79 bits per heavy atom. The molecule has 0 aliphatic rings. The van der Waals surface area contributed by atoms with Gasteiger partial charge in [-0.05, 0) is 36.8 Å². The molecule has 4 aromatic rings. The van der Waals surface area contributed by atoms with Gasteiger partial charge in [0.15, 0.2) is 0 Å². The Morgan fingerprint density at radius 1 is 1.14 bits per heavy atom. The van der Waals surface area contributed by atoms with E-state index >= 15 is 0 Å². The molecule has 3 heterocycles. The molecular formula is C20H18FN5O2. The second-order valence-corrected chi connectivity index (χ2v) is 6.40.